The summed E-state index contributed by atoms with van der Waals surface area (Å²) in [6, 6.07) is 13.8. The first-order chi connectivity index (χ1) is 12.2. The Kier molecular flexibility index (Phi) is 5.61. The molecule has 0 radical (unpaired) electrons. The van der Waals surface area contributed by atoms with Crippen LogP contribution in [-0.2, 0) is 9.59 Å². The summed E-state index contributed by atoms with van der Waals surface area (Å²) in [6.07, 6.45) is 3.91. The average Bonchev–Trinajstić information content (AvgIpc) is 3.01. The fourth-order valence-corrected chi connectivity index (χ4v) is 2.98. The van der Waals surface area contributed by atoms with Gasteiger partial charge in [0.15, 0.2) is 0 Å². The van der Waals surface area contributed by atoms with E-state index in [1.165, 1.54) is 0 Å². The van der Waals surface area contributed by atoms with Crippen molar-refractivity contribution >= 4 is 17.5 Å². The molecule has 2 N–H and O–H groups in total. The van der Waals surface area contributed by atoms with Crippen LogP contribution in [0.2, 0.25) is 0 Å². The standard InChI is InChI=1S/C19H22N4O2/c24-18(22-10-9-21-17-7-4-8-20-12-17)14-23-13-16(11-19(23)25)15-5-2-1-3-6-15/h1-8,12,16,21H,9-11,13-14H2,(H,22,24)/t16-/m0/s1. The number of amides is 2. The SMILES string of the molecule is O=C(CN1C[C@@H](c2ccccc2)CC1=O)NCCNc1cccnc1. The second kappa shape index (κ2) is 8.28. The second-order valence-electron chi connectivity index (χ2n) is 6.10. The number of hydrogen-bond donors (Lipinski definition) is 2. The summed E-state index contributed by atoms with van der Waals surface area (Å²) < 4.78 is 0. The maximum Gasteiger partial charge on any atom is 0.239 e. The molecule has 1 aliphatic heterocycles. The largest absolute Gasteiger partial charge is 0.382 e. The molecule has 1 fully saturated rings. The van der Waals surface area contributed by atoms with Crippen LogP contribution in [0.5, 0.6) is 0 Å². The normalized spacial score (nSPS) is 16.7. The van der Waals surface area contributed by atoms with E-state index in [1.807, 2.05) is 42.5 Å². The summed E-state index contributed by atoms with van der Waals surface area (Å²) in [5.74, 6) is 0.0845. The van der Waals surface area contributed by atoms with Gasteiger partial charge in [0.1, 0.15) is 0 Å². The van der Waals surface area contributed by atoms with Crippen LogP contribution in [0.15, 0.2) is 54.9 Å². The van der Waals surface area contributed by atoms with E-state index in [1.54, 1.807) is 17.3 Å². The number of benzene rings is 1. The fraction of sp³-hybridized carbons (Fsp3) is 0.316. The van der Waals surface area contributed by atoms with Gasteiger partial charge in [-0.3, -0.25) is 14.6 Å². The maximum atomic E-state index is 12.1. The van der Waals surface area contributed by atoms with Gasteiger partial charge in [-0.2, -0.15) is 0 Å². The quantitative estimate of drug-likeness (QED) is 0.753. The van der Waals surface area contributed by atoms with E-state index in [0.29, 0.717) is 26.1 Å². The summed E-state index contributed by atoms with van der Waals surface area (Å²) in [5.41, 5.74) is 2.07. The molecule has 130 valence electrons. The van der Waals surface area contributed by atoms with Gasteiger partial charge in [-0.05, 0) is 17.7 Å². The van der Waals surface area contributed by atoms with Crippen molar-refractivity contribution in [1.82, 2.24) is 15.2 Å². The minimum Gasteiger partial charge on any atom is -0.382 e. The van der Waals surface area contributed by atoms with Crippen LogP contribution in [0.4, 0.5) is 5.69 Å². The zero-order valence-electron chi connectivity index (χ0n) is 14.0. The first-order valence-corrected chi connectivity index (χ1v) is 8.45. The predicted octanol–water partition coefficient (Wildman–Crippen LogP) is 1.63. The Labute approximate surface area is 147 Å². The summed E-state index contributed by atoms with van der Waals surface area (Å²) in [7, 11) is 0. The third kappa shape index (κ3) is 4.79. The molecule has 2 amide bonds. The molecule has 1 aromatic carbocycles. The first-order valence-electron chi connectivity index (χ1n) is 8.45. The van der Waals surface area contributed by atoms with Gasteiger partial charge in [-0.15, -0.1) is 0 Å². The highest BCUT2D eigenvalue weighted by atomic mass is 16.2. The highest BCUT2D eigenvalue weighted by molar-refractivity contribution is 5.86. The van der Waals surface area contributed by atoms with Crippen LogP contribution in [0.3, 0.4) is 0 Å². The lowest BCUT2D eigenvalue weighted by atomic mass is 9.99. The number of rotatable bonds is 7. The topological polar surface area (TPSA) is 74.3 Å². The average molecular weight is 338 g/mol. The predicted molar refractivity (Wildman–Crippen MR) is 96.1 cm³/mol. The van der Waals surface area contributed by atoms with Gasteiger partial charge >= 0.3 is 0 Å². The highest BCUT2D eigenvalue weighted by Gasteiger charge is 2.31. The number of nitrogens with zero attached hydrogens (tertiary/aromatic N) is 2. The van der Waals surface area contributed by atoms with Gasteiger partial charge in [0.2, 0.25) is 11.8 Å². The first kappa shape index (κ1) is 17.0. The van der Waals surface area contributed by atoms with E-state index in [-0.39, 0.29) is 24.3 Å². The number of pyridine rings is 1. The number of hydrogen-bond acceptors (Lipinski definition) is 4. The van der Waals surface area contributed by atoms with Crippen molar-refractivity contribution in [3.8, 4) is 0 Å². The van der Waals surface area contributed by atoms with Crippen molar-refractivity contribution in [3.05, 3.63) is 60.4 Å². The minimum absolute atomic E-state index is 0.0393. The van der Waals surface area contributed by atoms with Gasteiger partial charge in [0.25, 0.3) is 0 Å². The molecule has 0 saturated carbocycles. The molecule has 1 atom stereocenters. The van der Waals surface area contributed by atoms with E-state index in [9.17, 15) is 9.59 Å². The van der Waals surface area contributed by atoms with E-state index in [0.717, 1.165) is 11.3 Å². The molecule has 0 unspecified atom stereocenters. The van der Waals surface area contributed by atoms with E-state index in [2.05, 4.69) is 15.6 Å². The molecular formula is C19H22N4O2. The molecule has 6 nitrogen and oxygen atoms in total. The van der Waals surface area contributed by atoms with Crippen LogP contribution in [0, 0.1) is 0 Å². The molecule has 3 rings (SSSR count). The molecule has 1 aliphatic rings. The van der Waals surface area contributed by atoms with Crippen LogP contribution in [0.1, 0.15) is 17.9 Å². The lowest BCUT2D eigenvalue weighted by Gasteiger charge is -2.16. The van der Waals surface area contributed by atoms with Gasteiger partial charge in [0.05, 0.1) is 12.2 Å². The molecular weight excluding hydrogens is 316 g/mol. The Morgan fingerprint density at radius 3 is 2.76 bits per heavy atom. The monoisotopic (exact) mass is 338 g/mol. The van der Waals surface area contributed by atoms with Crippen LogP contribution >= 0.6 is 0 Å². The third-order valence-corrected chi connectivity index (χ3v) is 4.26. The van der Waals surface area contributed by atoms with Gasteiger partial charge in [-0.25, -0.2) is 0 Å². The van der Waals surface area contributed by atoms with Crippen molar-refractivity contribution in [1.29, 1.82) is 0 Å². The lowest BCUT2D eigenvalue weighted by molar-refractivity contribution is -0.133. The van der Waals surface area contributed by atoms with E-state index < -0.39 is 0 Å². The third-order valence-electron chi connectivity index (χ3n) is 4.26. The Morgan fingerprint density at radius 1 is 1.16 bits per heavy atom. The number of carbonyl (C=O) groups is 2. The van der Waals surface area contributed by atoms with Gasteiger partial charge in [-0.1, -0.05) is 30.3 Å². The molecule has 6 heteroatoms. The molecule has 1 aromatic heterocycles. The van der Waals surface area contributed by atoms with Crippen LogP contribution in [0.25, 0.3) is 0 Å². The number of carbonyl (C=O) groups excluding carboxylic acids is 2. The van der Waals surface area contributed by atoms with Crippen molar-refractivity contribution in [2.75, 3.05) is 31.5 Å². The summed E-state index contributed by atoms with van der Waals surface area (Å²) in [4.78, 5) is 29.8. The molecule has 0 spiro atoms. The van der Waals surface area contributed by atoms with Gasteiger partial charge in [0, 0.05) is 44.4 Å². The van der Waals surface area contributed by atoms with E-state index >= 15 is 0 Å². The van der Waals surface area contributed by atoms with Gasteiger partial charge < -0.3 is 15.5 Å². The second-order valence-corrected chi connectivity index (χ2v) is 6.10. The number of aromatic nitrogens is 1. The van der Waals surface area contributed by atoms with Crippen molar-refractivity contribution in [2.24, 2.45) is 0 Å². The van der Waals surface area contributed by atoms with Crippen LogP contribution < -0.4 is 10.6 Å². The molecule has 25 heavy (non-hydrogen) atoms. The minimum atomic E-state index is -0.130. The lowest BCUT2D eigenvalue weighted by Crippen LogP contribution is -2.39. The Balaban J connectivity index is 1.40. The fourth-order valence-electron chi connectivity index (χ4n) is 2.98. The Bertz CT molecular complexity index is 706. The molecule has 0 aliphatic carbocycles. The Hall–Kier alpha value is -2.89. The molecule has 2 heterocycles. The number of anilines is 1. The summed E-state index contributed by atoms with van der Waals surface area (Å²) in [6.45, 7) is 1.83. The van der Waals surface area contributed by atoms with Crippen molar-refractivity contribution in [3.63, 3.8) is 0 Å². The van der Waals surface area contributed by atoms with Crippen LogP contribution in [-0.4, -0.2) is 47.9 Å². The van der Waals surface area contributed by atoms with Crippen molar-refractivity contribution in [2.45, 2.75) is 12.3 Å². The zero-order valence-corrected chi connectivity index (χ0v) is 14.0. The smallest absolute Gasteiger partial charge is 0.239 e. The van der Waals surface area contributed by atoms with E-state index in [4.69, 9.17) is 0 Å². The highest BCUT2D eigenvalue weighted by Crippen LogP contribution is 2.27. The molecule has 1 saturated heterocycles. The molecule has 2 aromatic rings. The zero-order chi connectivity index (χ0) is 17.5. The maximum absolute atomic E-state index is 12.1. The number of likely N-dealkylation sites (tertiary alicyclic amines) is 1. The Morgan fingerprint density at radius 2 is 2.00 bits per heavy atom. The van der Waals surface area contributed by atoms with Crippen molar-refractivity contribution < 1.29 is 9.59 Å². The summed E-state index contributed by atoms with van der Waals surface area (Å²) >= 11 is 0. The molecule has 0 bridgehead atoms. The number of nitrogens with one attached hydrogen (secondary N) is 2. The summed E-state index contributed by atoms with van der Waals surface area (Å²) in [5, 5.41) is 6.01.